The predicted octanol–water partition coefficient (Wildman–Crippen LogP) is 1.28. The Kier molecular flexibility index (Phi) is 4.59. The van der Waals surface area contributed by atoms with E-state index in [9.17, 15) is 9.90 Å². The third-order valence-electron chi connectivity index (χ3n) is 5.98. The first kappa shape index (κ1) is 16.1. The van der Waals surface area contributed by atoms with Crippen LogP contribution in [0.4, 0.5) is 0 Å². The zero-order valence-corrected chi connectivity index (χ0v) is 14.4. The summed E-state index contributed by atoms with van der Waals surface area (Å²) < 4.78 is 2.02. The van der Waals surface area contributed by atoms with Gasteiger partial charge in [-0.25, -0.2) is 0 Å². The molecule has 0 atom stereocenters. The molecule has 4 rings (SSSR count). The van der Waals surface area contributed by atoms with Crippen molar-refractivity contribution in [3.8, 4) is 0 Å². The normalized spacial score (nSPS) is 24.1. The van der Waals surface area contributed by atoms with Crippen LogP contribution in [0.2, 0.25) is 0 Å². The van der Waals surface area contributed by atoms with Crippen LogP contribution in [-0.2, 0) is 13.0 Å². The highest BCUT2D eigenvalue weighted by Gasteiger charge is 2.31. The number of rotatable bonds is 2. The summed E-state index contributed by atoms with van der Waals surface area (Å²) >= 11 is 0. The van der Waals surface area contributed by atoms with Gasteiger partial charge in [-0.05, 0) is 44.9 Å². The Morgan fingerprint density at radius 3 is 2.54 bits per heavy atom. The molecular formula is C18H28N4O2. The lowest BCUT2D eigenvalue weighted by molar-refractivity contribution is 0.0356. The summed E-state index contributed by atoms with van der Waals surface area (Å²) in [5.41, 5.74) is 1.97. The fraction of sp³-hybridized carbons (Fsp3) is 0.778. The minimum absolute atomic E-state index is 0.114. The molecule has 0 saturated carbocycles. The Morgan fingerprint density at radius 1 is 1.04 bits per heavy atom. The van der Waals surface area contributed by atoms with Crippen molar-refractivity contribution >= 4 is 5.91 Å². The molecule has 0 spiro atoms. The molecule has 4 heterocycles. The molecule has 1 amide bonds. The zero-order valence-electron chi connectivity index (χ0n) is 14.4. The van der Waals surface area contributed by atoms with E-state index in [0.29, 0.717) is 6.04 Å². The van der Waals surface area contributed by atoms with Gasteiger partial charge >= 0.3 is 0 Å². The van der Waals surface area contributed by atoms with Gasteiger partial charge in [0.15, 0.2) is 0 Å². The number of aromatic nitrogens is 2. The second-order valence-electron chi connectivity index (χ2n) is 7.48. The third kappa shape index (κ3) is 3.09. The standard InChI is InChI=1S/C18H28N4O2/c23-15-6-11-20(12-7-15)14-4-9-21(10-5-14)18(24)16-13-19-22-8-2-1-3-17(16)22/h13-15,23H,1-12H2. The summed E-state index contributed by atoms with van der Waals surface area (Å²) in [6.07, 6.45) is 8.85. The highest BCUT2D eigenvalue weighted by Crippen LogP contribution is 2.24. The number of fused-ring (bicyclic) bond motifs is 1. The van der Waals surface area contributed by atoms with Crippen molar-refractivity contribution in [2.24, 2.45) is 0 Å². The van der Waals surface area contributed by atoms with Crippen LogP contribution >= 0.6 is 0 Å². The first-order valence-corrected chi connectivity index (χ1v) is 9.48. The fourth-order valence-electron chi connectivity index (χ4n) is 4.46. The Labute approximate surface area is 143 Å². The number of aliphatic hydroxyl groups excluding tert-OH is 1. The smallest absolute Gasteiger partial charge is 0.257 e. The SMILES string of the molecule is O=C(c1cnn2c1CCCC2)N1CCC(N2CCC(O)CC2)CC1. The number of carbonyl (C=O) groups is 1. The van der Waals surface area contributed by atoms with Crippen LogP contribution in [0.15, 0.2) is 6.20 Å². The summed E-state index contributed by atoms with van der Waals surface area (Å²) in [4.78, 5) is 17.4. The van der Waals surface area contributed by atoms with E-state index in [1.807, 2.05) is 9.58 Å². The van der Waals surface area contributed by atoms with Crippen LogP contribution < -0.4 is 0 Å². The van der Waals surface area contributed by atoms with Gasteiger partial charge in [0.25, 0.3) is 5.91 Å². The minimum atomic E-state index is -0.114. The quantitative estimate of drug-likeness (QED) is 0.886. The van der Waals surface area contributed by atoms with Gasteiger partial charge in [0, 0.05) is 38.8 Å². The molecule has 1 N–H and O–H groups in total. The number of hydrogen-bond donors (Lipinski definition) is 1. The summed E-state index contributed by atoms with van der Waals surface area (Å²) in [7, 11) is 0. The molecule has 2 saturated heterocycles. The molecular weight excluding hydrogens is 304 g/mol. The molecule has 0 aromatic carbocycles. The average Bonchev–Trinajstić information content (AvgIpc) is 3.06. The topological polar surface area (TPSA) is 61.6 Å². The lowest BCUT2D eigenvalue weighted by atomic mass is 9.98. The van der Waals surface area contributed by atoms with Crippen molar-refractivity contribution in [2.45, 2.75) is 63.6 Å². The van der Waals surface area contributed by atoms with Crippen LogP contribution in [0, 0.1) is 0 Å². The van der Waals surface area contributed by atoms with Gasteiger partial charge in [-0.15, -0.1) is 0 Å². The molecule has 0 unspecified atom stereocenters. The highest BCUT2D eigenvalue weighted by molar-refractivity contribution is 5.95. The van der Waals surface area contributed by atoms with Crippen LogP contribution in [-0.4, -0.2) is 68.9 Å². The number of aliphatic hydroxyl groups is 1. The zero-order chi connectivity index (χ0) is 16.5. The van der Waals surface area contributed by atoms with Crippen molar-refractivity contribution in [1.82, 2.24) is 19.6 Å². The summed E-state index contributed by atoms with van der Waals surface area (Å²) in [5, 5.41) is 14.1. The van der Waals surface area contributed by atoms with E-state index in [0.717, 1.165) is 88.9 Å². The summed E-state index contributed by atoms with van der Waals surface area (Å²) in [6, 6.07) is 0.572. The van der Waals surface area contributed by atoms with Gasteiger partial charge < -0.3 is 14.9 Å². The first-order chi connectivity index (χ1) is 11.7. The van der Waals surface area contributed by atoms with E-state index >= 15 is 0 Å². The number of aryl methyl sites for hydroxylation is 1. The number of carbonyl (C=O) groups excluding carboxylic acids is 1. The summed E-state index contributed by atoms with van der Waals surface area (Å²) in [5.74, 6) is 0.172. The maximum atomic E-state index is 12.9. The molecule has 132 valence electrons. The largest absolute Gasteiger partial charge is 0.393 e. The molecule has 0 aliphatic carbocycles. The molecule has 0 bridgehead atoms. The van der Waals surface area contributed by atoms with Gasteiger partial charge in [0.05, 0.1) is 23.6 Å². The highest BCUT2D eigenvalue weighted by atomic mass is 16.3. The van der Waals surface area contributed by atoms with Gasteiger partial charge in [0.1, 0.15) is 0 Å². The summed E-state index contributed by atoms with van der Waals surface area (Å²) in [6.45, 7) is 4.62. The Balaban J connectivity index is 1.35. The van der Waals surface area contributed by atoms with E-state index in [1.165, 1.54) is 0 Å². The minimum Gasteiger partial charge on any atom is -0.393 e. The number of hydrogen-bond acceptors (Lipinski definition) is 4. The second kappa shape index (κ2) is 6.84. The van der Waals surface area contributed by atoms with Crippen molar-refractivity contribution in [3.63, 3.8) is 0 Å². The number of nitrogens with zero attached hydrogens (tertiary/aromatic N) is 4. The molecule has 0 radical (unpaired) electrons. The second-order valence-corrected chi connectivity index (χ2v) is 7.48. The van der Waals surface area contributed by atoms with E-state index in [4.69, 9.17) is 0 Å². The molecule has 24 heavy (non-hydrogen) atoms. The Morgan fingerprint density at radius 2 is 1.79 bits per heavy atom. The van der Waals surface area contributed by atoms with E-state index in [-0.39, 0.29) is 12.0 Å². The van der Waals surface area contributed by atoms with E-state index in [1.54, 1.807) is 6.20 Å². The lowest BCUT2D eigenvalue weighted by Gasteiger charge is -2.41. The van der Waals surface area contributed by atoms with Crippen molar-refractivity contribution in [1.29, 1.82) is 0 Å². The van der Waals surface area contributed by atoms with Gasteiger partial charge in [-0.3, -0.25) is 9.48 Å². The van der Waals surface area contributed by atoms with E-state index < -0.39 is 0 Å². The van der Waals surface area contributed by atoms with Crippen molar-refractivity contribution in [2.75, 3.05) is 26.2 Å². The van der Waals surface area contributed by atoms with Crippen LogP contribution in [0.1, 0.15) is 54.6 Å². The fourth-order valence-corrected chi connectivity index (χ4v) is 4.46. The van der Waals surface area contributed by atoms with Crippen molar-refractivity contribution in [3.05, 3.63) is 17.5 Å². The molecule has 2 fully saturated rings. The lowest BCUT2D eigenvalue weighted by Crippen LogP contribution is -2.49. The molecule has 1 aromatic rings. The first-order valence-electron chi connectivity index (χ1n) is 9.48. The van der Waals surface area contributed by atoms with Gasteiger partial charge in [-0.1, -0.05) is 0 Å². The van der Waals surface area contributed by atoms with Crippen molar-refractivity contribution < 1.29 is 9.90 Å². The monoisotopic (exact) mass is 332 g/mol. The van der Waals surface area contributed by atoms with Crippen LogP contribution in [0.3, 0.4) is 0 Å². The number of piperidine rings is 2. The third-order valence-corrected chi connectivity index (χ3v) is 5.98. The average molecular weight is 332 g/mol. The molecule has 1 aromatic heterocycles. The Bertz CT molecular complexity index is 584. The molecule has 6 nitrogen and oxygen atoms in total. The van der Waals surface area contributed by atoms with Crippen LogP contribution in [0.25, 0.3) is 0 Å². The van der Waals surface area contributed by atoms with Gasteiger partial charge in [0.2, 0.25) is 0 Å². The molecule has 3 aliphatic heterocycles. The maximum Gasteiger partial charge on any atom is 0.257 e. The number of likely N-dealkylation sites (tertiary alicyclic amines) is 2. The van der Waals surface area contributed by atoms with Crippen LogP contribution in [0.5, 0.6) is 0 Å². The molecule has 6 heteroatoms. The predicted molar refractivity (Wildman–Crippen MR) is 90.9 cm³/mol. The van der Waals surface area contributed by atoms with E-state index in [2.05, 4.69) is 10.00 Å². The van der Waals surface area contributed by atoms with Gasteiger partial charge in [-0.2, -0.15) is 5.10 Å². The Hall–Kier alpha value is -1.40. The number of amides is 1. The maximum absolute atomic E-state index is 12.9. The molecule has 3 aliphatic rings.